The molecule has 0 atom stereocenters. The molecule has 1 aliphatic heterocycles. The van der Waals surface area contributed by atoms with Crippen molar-refractivity contribution in [2.45, 2.75) is 23.7 Å². The molecule has 0 saturated carbocycles. The van der Waals surface area contributed by atoms with Gasteiger partial charge in [0.05, 0.1) is 7.11 Å². The largest absolute Gasteiger partial charge is 0.495 e. The van der Waals surface area contributed by atoms with Gasteiger partial charge in [0.15, 0.2) is 0 Å². The highest BCUT2D eigenvalue weighted by molar-refractivity contribution is 7.89. The number of sulfonamides is 1. The van der Waals surface area contributed by atoms with E-state index in [1.165, 1.54) is 17.5 Å². The van der Waals surface area contributed by atoms with Gasteiger partial charge in [-0.1, -0.05) is 0 Å². The first-order valence-corrected chi connectivity index (χ1v) is 9.45. The lowest BCUT2D eigenvalue weighted by Crippen LogP contribution is -2.38. The number of carbonyl (C=O) groups excluding carboxylic acids is 1. The summed E-state index contributed by atoms with van der Waals surface area (Å²) in [6.07, 6.45) is 1.08. The number of nitrogens with zero attached hydrogens (tertiary/aromatic N) is 2. The van der Waals surface area contributed by atoms with Gasteiger partial charge < -0.3 is 10.5 Å². The molecule has 8 nitrogen and oxygen atoms in total. The summed E-state index contributed by atoms with van der Waals surface area (Å²) < 4.78 is 45.6. The zero-order valence-corrected chi connectivity index (χ0v) is 14.9. The second-order valence-electron chi connectivity index (χ2n) is 6.05. The van der Waals surface area contributed by atoms with Crippen LogP contribution in [0.1, 0.15) is 34.9 Å². The Morgan fingerprint density at radius 2 is 2.04 bits per heavy atom. The summed E-state index contributed by atoms with van der Waals surface area (Å²) in [6, 6.07) is 5.00. The smallest absolute Gasteiger partial charge is 0.269 e. The van der Waals surface area contributed by atoms with Crippen LogP contribution in [-0.4, -0.2) is 49.0 Å². The number of hydrogen-bond acceptors (Lipinski definition) is 5. The third-order valence-corrected chi connectivity index (χ3v) is 6.41. The van der Waals surface area contributed by atoms with Crippen LogP contribution >= 0.6 is 0 Å². The summed E-state index contributed by atoms with van der Waals surface area (Å²) in [5, 5.41) is 6.63. The minimum absolute atomic E-state index is 0.0384. The predicted molar refractivity (Wildman–Crippen MR) is 90.8 cm³/mol. The van der Waals surface area contributed by atoms with Gasteiger partial charge in [0, 0.05) is 24.7 Å². The van der Waals surface area contributed by atoms with Crippen LogP contribution in [0.2, 0.25) is 0 Å². The van der Waals surface area contributed by atoms with E-state index >= 15 is 0 Å². The molecule has 2 aromatic rings. The number of aromatic nitrogens is 2. The van der Waals surface area contributed by atoms with Gasteiger partial charge in [0.25, 0.3) is 5.91 Å². The first-order valence-electron chi connectivity index (χ1n) is 8.01. The van der Waals surface area contributed by atoms with E-state index in [4.69, 9.17) is 10.5 Å². The van der Waals surface area contributed by atoms with Crippen molar-refractivity contribution in [3.8, 4) is 5.75 Å². The molecule has 0 bridgehead atoms. The first-order chi connectivity index (χ1) is 12.3. The molecule has 0 radical (unpaired) electrons. The van der Waals surface area contributed by atoms with Crippen LogP contribution in [0.15, 0.2) is 29.2 Å². The topological polar surface area (TPSA) is 118 Å². The normalized spacial score (nSPS) is 16.5. The summed E-state index contributed by atoms with van der Waals surface area (Å²) in [5.41, 5.74) is 6.09. The van der Waals surface area contributed by atoms with Crippen molar-refractivity contribution in [2.75, 3.05) is 20.2 Å². The number of piperidine rings is 1. The fourth-order valence-electron chi connectivity index (χ4n) is 3.07. The van der Waals surface area contributed by atoms with Crippen molar-refractivity contribution in [2.24, 2.45) is 5.73 Å². The molecule has 1 fully saturated rings. The van der Waals surface area contributed by atoms with Gasteiger partial charge >= 0.3 is 0 Å². The Bertz CT molecular complexity index is 920. The van der Waals surface area contributed by atoms with Gasteiger partial charge in [0.2, 0.25) is 10.0 Å². The second kappa shape index (κ2) is 7.04. The molecule has 0 unspecified atom stereocenters. The lowest BCUT2D eigenvalue weighted by Gasteiger charge is -2.31. The molecule has 1 aromatic carbocycles. The number of amides is 1. The lowest BCUT2D eigenvalue weighted by atomic mass is 9.94. The number of primary amides is 1. The zero-order valence-electron chi connectivity index (χ0n) is 14.1. The molecule has 26 heavy (non-hydrogen) atoms. The Morgan fingerprint density at radius 1 is 1.35 bits per heavy atom. The lowest BCUT2D eigenvalue weighted by molar-refractivity contribution is 0.0995. The van der Waals surface area contributed by atoms with E-state index in [2.05, 4.69) is 10.2 Å². The first kappa shape index (κ1) is 18.3. The molecule has 3 rings (SSSR count). The summed E-state index contributed by atoms with van der Waals surface area (Å²) >= 11 is 0. The maximum absolute atomic E-state index is 13.5. The fourth-order valence-corrected chi connectivity index (χ4v) is 4.71. The van der Waals surface area contributed by atoms with Crippen LogP contribution in [0.5, 0.6) is 5.75 Å². The van der Waals surface area contributed by atoms with Gasteiger partial charge in [-0.15, -0.1) is 0 Å². The van der Waals surface area contributed by atoms with Crippen molar-refractivity contribution in [1.29, 1.82) is 0 Å². The number of nitrogens with two attached hydrogens (primary N) is 1. The number of carbonyl (C=O) groups is 1. The highest BCUT2D eigenvalue weighted by atomic mass is 32.2. The van der Waals surface area contributed by atoms with E-state index in [0.29, 0.717) is 12.8 Å². The third-order valence-electron chi connectivity index (χ3n) is 4.49. The van der Waals surface area contributed by atoms with E-state index in [1.807, 2.05) is 0 Å². The monoisotopic (exact) mass is 382 g/mol. The van der Waals surface area contributed by atoms with Gasteiger partial charge in [-0.25, -0.2) is 12.8 Å². The number of aromatic amines is 1. The van der Waals surface area contributed by atoms with E-state index in [1.54, 1.807) is 6.07 Å². The summed E-state index contributed by atoms with van der Waals surface area (Å²) in [6.45, 7) is 0.523. The Morgan fingerprint density at radius 3 is 2.62 bits per heavy atom. The third kappa shape index (κ3) is 3.42. The number of rotatable bonds is 5. The van der Waals surface area contributed by atoms with Crippen molar-refractivity contribution in [1.82, 2.24) is 14.5 Å². The van der Waals surface area contributed by atoms with Crippen molar-refractivity contribution >= 4 is 15.9 Å². The maximum Gasteiger partial charge on any atom is 0.269 e. The highest BCUT2D eigenvalue weighted by Crippen LogP contribution is 2.33. The van der Waals surface area contributed by atoms with E-state index < -0.39 is 21.7 Å². The minimum atomic E-state index is -3.87. The predicted octanol–water partition coefficient (Wildman–Crippen LogP) is 1.22. The minimum Gasteiger partial charge on any atom is -0.495 e. The molecule has 0 spiro atoms. The number of H-pyrrole nitrogens is 1. The molecule has 1 aliphatic rings. The molecule has 0 aliphatic carbocycles. The van der Waals surface area contributed by atoms with Crippen LogP contribution in [0.4, 0.5) is 4.39 Å². The zero-order chi connectivity index (χ0) is 18.9. The van der Waals surface area contributed by atoms with Crippen LogP contribution in [0, 0.1) is 5.82 Å². The van der Waals surface area contributed by atoms with Gasteiger partial charge in [-0.2, -0.15) is 9.40 Å². The van der Waals surface area contributed by atoms with Crippen molar-refractivity contribution in [3.05, 3.63) is 41.5 Å². The number of benzene rings is 1. The van der Waals surface area contributed by atoms with Crippen LogP contribution in [0.25, 0.3) is 0 Å². The second-order valence-corrected chi connectivity index (χ2v) is 7.95. The van der Waals surface area contributed by atoms with E-state index in [0.717, 1.165) is 17.8 Å². The molecular formula is C16H19FN4O4S. The number of nitrogens with one attached hydrogen (secondary N) is 1. The molecule has 2 heterocycles. The average molecular weight is 382 g/mol. The van der Waals surface area contributed by atoms with Crippen LogP contribution < -0.4 is 10.5 Å². The van der Waals surface area contributed by atoms with Crippen LogP contribution in [-0.2, 0) is 10.0 Å². The van der Waals surface area contributed by atoms with E-state index in [-0.39, 0.29) is 35.3 Å². The standard InChI is InChI=1S/C16H19FN4O4S/c1-25-14-3-2-11(17)8-15(14)26(23,24)21-6-4-10(5-7-21)12-9-13(16(18)22)20-19-12/h2-3,8-10H,4-7H2,1H3,(H2,18,22)(H,19,20). The van der Waals surface area contributed by atoms with Crippen molar-refractivity contribution in [3.63, 3.8) is 0 Å². The maximum atomic E-state index is 13.5. The Labute approximate surface area is 150 Å². The van der Waals surface area contributed by atoms with Gasteiger partial charge in [-0.3, -0.25) is 9.89 Å². The Hall–Kier alpha value is -2.46. The highest BCUT2D eigenvalue weighted by Gasteiger charge is 2.33. The van der Waals surface area contributed by atoms with Crippen LogP contribution in [0.3, 0.4) is 0 Å². The summed E-state index contributed by atoms with van der Waals surface area (Å²) in [7, 11) is -2.53. The number of ether oxygens (including phenoxy) is 1. The molecule has 3 N–H and O–H groups in total. The van der Waals surface area contributed by atoms with Gasteiger partial charge in [0.1, 0.15) is 22.2 Å². The molecule has 1 amide bonds. The molecule has 140 valence electrons. The SMILES string of the molecule is COc1ccc(F)cc1S(=O)(=O)N1CCC(c2cc(C(N)=O)n[nH]2)CC1. The van der Waals surface area contributed by atoms with E-state index in [9.17, 15) is 17.6 Å². The summed E-state index contributed by atoms with van der Waals surface area (Å²) in [4.78, 5) is 11.0. The summed E-state index contributed by atoms with van der Waals surface area (Å²) in [5.74, 6) is -1.12. The number of halogens is 1. The molecule has 10 heteroatoms. The average Bonchev–Trinajstić information content (AvgIpc) is 3.12. The Kier molecular flexibility index (Phi) is 4.97. The molecule has 1 aromatic heterocycles. The van der Waals surface area contributed by atoms with Gasteiger partial charge in [-0.05, 0) is 37.1 Å². The Balaban J connectivity index is 1.76. The fraction of sp³-hybridized carbons (Fsp3) is 0.375. The van der Waals surface area contributed by atoms with Crippen molar-refractivity contribution < 1.29 is 22.3 Å². The number of methoxy groups -OCH3 is 1. The quantitative estimate of drug-likeness (QED) is 0.806. The molecule has 1 saturated heterocycles. The molecular weight excluding hydrogens is 363 g/mol. The number of hydrogen-bond donors (Lipinski definition) is 2.